The summed E-state index contributed by atoms with van der Waals surface area (Å²) in [4.78, 5) is 41.3. The van der Waals surface area contributed by atoms with Crippen LogP contribution in [0.25, 0.3) is 11.0 Å². The lowest BCUT2D eigenvalue weighted by Gasteiger charge is -2.32. The van der Waals surface area contributed by atoms with Gasteiger partial charge >= 0.3 is 11.7 Å². The van der Waals surface area contributed by atoms with Crippen molar-refractivity contribution < 1.29 is 9.59 Å². The van der Waals surface area contributed by atoms with Gasteiger partial charge in [-0.25, -0.2) is 9.59 Å². The molecule has 2 heterocycles. The van der Waals surface area contributed by atoms with Crippen LogP contribution in [0.1, 0.15) is 29.2 Å². The predicted molar refractivity (Wildman–Crippen MR) is 102 cm³/mol. The zero-order valence-corrected chi connectivity index (χ0v) is 14.7. The van der Waals surface area contributed by atoms with Gasteiger partial charge in [0.25, 0.3) is 5.91 Å². The molecule has 7 nitrogen and oxygen atoms in total. The number of aromatic nitrogens is 2. The maximum absolute atomic E-state index is 12.4. The molecule has 1 aliphatic heterocycles. The highest BCUT2D eigenvalue weighted by atomic mass is 16.2. The molecule has 1 saturated heterocycles. The Labute approximate surface area is 155 Å². The average Bonchev–Trinajstić information content (AvgIpc) is 3.04. The topological polar surface area (TPSA) is 87.2 Å². The third kappa shape index (κ3) is 3.36. The smallest absolute Gasteiger partial charge is 0.324 e. The molecular weight excluding hydrogens is 344 g/mol. The molecule has 4 rings (SSSR count). The van der Waals surface area contributed by atoms with Crippen LogP contribution in [-0.2, 0) is 0 Å². The Hall–Kier alpha value is -3.35. The van der Waals surface area contributed by atoms with Crippen LogP contribution in [0.2, 0.25) is 0 Å². The predicted octanol–water partition coefficient (Wildman–Crippen LogP) is 2.52. The van der Waals surface area contributed by atoms with Crippen molar-refractivity contribution in [2.75, 3.05) is 13.1 Å². The van der Waals surface area contributed by atoms with Gasteiger partial charge in [0.2, 0.25) is 0 Å². The first-order valence-corrected chi connectivity index (χ1v) is 8.98. The summed E-state index contributed by atoms with van der Waals surface area (Å²) in [5.74, 6) is -0.407. The summed E-state index contributed by atoms with van der Waals surface area (Å²) in [5, 5.41) is 2.43. The van der Waals surface area contributed by atoms with E-state index >= 15 is 0 Å². The van der Waals surface area contributed by atoms with Crippen LogP contribution in [0.4, 0.5) is 4.79 Å². The van der Waals surface area contributed by atoms with Crippen LogP contribution in [0, 0.1) is 0 Å². The fourth-order valence-electron chi connectivity index (χ4n) is 3.60. The van der Waals surface area contributed by atoms with Crippen molar-refractivity contribution in [3.63, 3.8) is 0 Å². The van der Waals surface area contributed by atoms with Gasteiger partial charge in [-0.15, -0.1) is 0 Å². The molecule has 0 atom stereocenters. The number of aromatic amines is 1. The molecule has 2 aromatic carbocycles. The van der Waals surface area contributed by atoms with Crippen molar-refractivity contribution in [3.8, 4) is 0 Å². The molecule has 0 unspecified atom stereocenters. The van der Waals surface area contributed by atoms with Crippen molar-refractivity contribution in [1.82, 2.24) is 19.8 Å². The Morgan fingerprint density at radius 2 is 1.63 bits per heavy atom. The maximum atomic E-state index is 12.4. The zero-order valence-electron chi connectivity index (χ0n) is 14.7. The van der Waals surface area contributed by atoms with Crippen LogP contribution in [0.5, 0.6) is 0 Å². The summed E-state index contributed by atoms with van der Waals surface area (Å²) in [6.07, 6.45) is 1.32. The van der Waals surface area contributed by atoms with Crippen molar-refractivity contribution in [2.24, 2.45) is 0 Å². The van der Waals surface area contributed by atoms with E-state index in [1.807, 2.05) is 30.3 Å². The van der Waals surface area contributed by atoms with Crippen LogP contribution in [-0.4, -0.2) is 39.5 Å². The van der Waals surface area contributed by atoms with Crippen LogP contribution in [0.15, 0.2) is 59.4 Å². The minimum Gasteiger partial charge on any atom is -0.324 e. The van der Waals surface area contributed by atoms with Crippen molar-refractivity contribution in [2.45, 2.75) is 18.9 Å². The second-order valence-electron chi connectivity index (χ2n) is 6.66. The molecule has 0 radical (unpaired) electrons. The van der Waals surface area contributed by atoms with Gasteiger partial charge < -0.3 is 9.88 Å². The number of carbonyl (C=O) groups is 2. The van der Waals surface area contributed by atoms with Crippen LogP contribution >= 0.6 is 0 Å². The molecule has 0 bridgehead atoms. The standard InChI is InChI=1S/C20H20N4O3/c25-18(14-6-2-1-3-7-14)22-19(26)23-12-10-15(11-13-23)24-17-9-5-4-8-16(17)21-20(24)27/h1-9,15H,10-13H2,(H,21,27)(H,22,25,26). The molecular formula is C20H20N4O3. The Morgan fingerprint density at radius 3 is 2.37 bits per heavy atom. The van der Waals surface area contributed by atoms with Crippen LogP contribution < -0.4 is 11.0 Å². The number of hydrogen-bond acceptors (Lipinski definition) is 3. The number of hydrogen-bond donors (Lipinski definition) is 2. The zero-order chi connectivity index (χ0) is 18.8. The molecule has 2 N–H and O–H groups in total. The number of H-pyrrole nitrogens is 1. The van der Waals surface area contributed by atoms with E-state index < -0.39 is 11.9 Å². The third-order valence-electron chi connectivity index (χ3n) is 5.00. The summed E-state index contributed by atoms with van der Waals surface area (Å²) >= 11 is 0. The average molecular weight is 364 g/mol. The molecule has 0 saturated carbocycles. The Balaban J connectivity index is 1.41. The number of imide groups is 1. The van der Waals surface area contributed by atoms with E-state index in [2.05, 4.69) is 10.3 Å². The van der Waals surface area contributed by atoms with Gasteiger partial charge in [-0.3, -0.25) is 14.7 Å². The number of rotatable bonds is 2. The Morgan fingerprint density at radius 1 is 0.963 bits per heavy atom. The molecule has 138 valence electrons. The lowest BCUT2D eigenvalue weighted by Crippen LogP contribution is -2.47. The molecule has 7 heteroatoms. The summed E-state index contributed by atoms with van der Waals surface area (Å²) in [5.41, 5.74) is 2.02. The molecule has 0 aliphatic carbocycles. The highest BCUT2D eigenvalue weighted by molar-refractivity contribution is 6.04. The number of imidazole rings is 1. The van der Waals surface area contributed by atoms with E-state index in [1.54, 1.807) is 33.7 Å². The van der Waals surface area contributed by atoms with Crippen molar-refractivity contribution >= 4 is 23.0 Å². The number of benzene rings is 2. The number of para-hydroxylation sites is 2. The Kier molecular flexibility index (Phi) is 4.50. The summed E-state index contributed by atoms with van der Waals surface area (Å²) in [6, 6.07) is 15.9. The number of nitrogens with one attached hydrogen (secondary N) is 2. The number of likely N-dealkylation sites (tertiary alicyclic amines) is 1. The first-order chi connectivity index (χ1) is 13.1. The van der Waals surface area contributed by atoms with E-state index in [0.717, 1.165) is 11.0 Å². The summed E-state index contributed by atoms with van der Waals surface area (Å²) in [7, 11) is 0. The lowest BCUT2D eigenvalue weighted by atomic mass is 10.0. The number of piperidine rings is 1. The van der Waals surface area contributed by atoms with Gasteiger partial charge in [-0.05, 0) is 37.1 Å². The first-order valence-electron chi connectivity index (χ1n) is 8.98. The fourth-order valence-corrected chi connectivity index (χ4v) is 3.60. The normalized spacial score (nSPS) is 15.0. The van der Waals surface area contributed by atoms with Gasteiger partial charge in [0, 0.05) is 24.7 Å². The first kappa shape index (κ1) is 17.1. The highest BCUT2D eigenvalue weighted by Crippen LogP contribution is 2.24. The molecule has 1 aliphatic rings. The maximum Gasteiger partial charge on any atom is 0.326 e. The number of carbonyl (C=O) groups excluding carboxylic acids is 2. The SMILES string of the molecule is O=C(NC(=O)N1CCC(n2c(=O)[nH]c3ccccc32)CC1)c1ccccc1. The van der Waals surface area contributed by atoms with E-state index in [-0.39, 0.29) is 11.7 Å². The van der Waals surface area contributed by atoms with Gasteiger partial charge in [-0.1, -0.05) is 30.3 Å². The van der Waals surface area contributed by atoms with Gasteiger partial charge in [0.1, 0.15) is 0 Å². The molecule has 3 amide bonds. The number of fused-ring (bicyclic) bond motifs is 1. The van der Waals surface area contributed by atoms with Gasteiger partial charge in [0.05, 0.1) is 11.0 Å². The second-order valence-corrected chi connectivity index (χ2v) is 6.66. The molecule has 3 aromatic rings. The highest BCUT2D eigenvalue weighted by Gasteiger charge is 2.26. The lowest BCUT2D eigenvalue weighted by molar-refractivity contribution is 0.0945. The van der Waals surface area contributed by atoms with Crippen LogP contribution in [0.3, 0.4) is 0 Å². The molecule has 1 fully saturated rings. The van der Waals surface area contributed by atoms with Gasteiger partial charge in [-0.2, -0.15) is 0 Å². The fraction of sp³-hybridized carbons (Fsp3) is 0.250. The van der Waals surface area contributed by atoms with Gasteiger partial charge in [0.15, 0.2) is 0 Å². The number of urea groups is 1. The number of nitrogens with zero attached hydrogens (tertiary/aromatic N) is 2. The van der Waals surface area contributed by atoms with E-state index in [9.17, 15) is 14.4 Å². The molecule has 1 aromatic heterocycles. The van der Waals surface area contributed by atoms with E-state index in [0.29, 0.717) is 31.5 Å². The Bertz CT molecular complexity index is 1030. The second kappa shape index (κ2) is 7.11. The van der Waals surface area contributed by atoms with E-state index in [1.165, 1.54) is 0 Å². The van der Waals surface area contributed by atoms with E-state index in [4.69, 9.17) is 0 Å². The summed E-state index contributed by atoms with van der Waals surface area (Å²) < 4.78 is 1.78. The molecule has 27 heavy (non-hydrogen) atoms. The quantitative estimate of drug-likeness (QED) is 0.732. The minimum absolute atomic E-state index is 0.0301. The molecule has 0 spiro atoms. The van der Waals surface area contributed by atoms with Crippen molar-refractivity contribution in [3.05, 3.63) is 70.6 Å². The number of amides is 3. The van der Waals surface area contributed by atoms with Crippen molar-refractivity contribution in [1.29, 1.82) is 0 Å². The summed E-state index contributed by atoms with van der Waals surface area (Å²) in [6.45, 7) is 0.981. The largest absolute Gasteiger partial charge is 0.326 e. The monoisotopic (exact) mass is 364 g/mol. The third-order valence-corrected chi connectivity index (χ3v) is 5.00. The minimum atomic E-state index is -0.407.